The molecule has 0 saturated carbocycles. The van der Waals surface area contributed by atoms with Crippen LogP contribution in [0.1, 0.15) is 64.0 Å². The smallest absolute Gasteiger partial charge is 0.223 e. The number of nitrogens with two attached hydrogens (primary N) is 1. The number of para-hydroxylation sites is 2. The van der Waals surface area contributed by atoms with Gasteiger partial charge in [-0.1, -0.05) is 57.2 Å². The Labute approximate surface area is 203 Å². The molecule has 6 heteroatoms. The van der Waals surface area contributed by atoms with Crippen LogP contribution in [0.4, 0.5) is 5.69 Å². The van der Waals surface area contributed by atoms with Gasteiger partial charge in [0.2, 0.25) is 11.8 Å². The highest BCUT2D eigenvalue weighted by atomic mass is 16.5. The molecule has 0 aromatic heterocycles. The number of rotatable bonds is 5. The summed E-state index contributed by atoms with van der Waals surface area (Å²) in [7, 11) is 0. The van der Waals surface area contributed by atoms with Crippen molar-refractivity contribution in [2.24, 2.45) is 5.73 Å². The van der Waals surface area contributed by atoms with Gasteiger partial charge in [0, 0.05) is 58.3 Å². The van der Waals surface area contributed by atoms with Crippen molar-refractivity contribution < 1.29 is 14.3 Å². The highest BCUT2D eigenvalue weighted by Crippen LogP contribution is 2.41. The normalized spacial score (nSPS) is 17.6. The Bertz CT molecular complexity index is 1020. The average Bonchev–Trinajstić information content (AvgIpc) is 2.95. The van der Waals surface area contributed by atoms with Crippen molar-refractivity contribution in [2.45, 2.75) is 70.4 Å². The zero-order valence-corrected chi connectivity index (χ0v) is 20.7. The third-order valence-corrected chi connectivity index (χ3v) is 7.18. The van der Waals surface area contributed by atoms with Gasteiger partial charge in [0.1, 0.15) is 11.4 Å². The minimum atomic E-state index is -0.432. The molecule has 182 valence electrons. The SMILES string of the molecule is CC(C)(C)c1ccc(CN2CCC3(CCN(C(=O)CCC(N)=O)CC3)Oc3ccccc32)cc1. The lowest BCUT2D eigenvalue weighted by Crippen LogP contribution is -2.50. The summed E-state index contributed by atoms with van der Waals surface area (Å²) in [5.74, 6) is 0.487. The second-order valence-corrected chi connectivity index (χ2v) is 10.7. The molecule has 0 aliphatic carbocycles. The number of likely N-dealkylation sites (tertiary alicyclic amines) is 1. The minimum Gasteiger partial charge on any atom is -0.485 e. The first kappa shape index (κ1) is 24.1. The van der Waals surface area contributed by atoms with Crippen LogP contribution in [0.2, 0.25) is 0 Å². The van der Waals surface area contributed by atoms with Crippen molar-refractivity contribution in [2.75, 3.05) is 24.5 Å². The van der Waals surface area contributed by atoms with E-state index in [1.165, 1.54) is 11.1 Å². The molecule has 2 N–H and O–H groups in total. The standard InChI is InChI=1S/C28H37N3O3/c1-27(2,3)22-10-8-21(9-11-22)20-31-19-16-28(34-24-7-5-4-6-23(24)31)14-17-30(18-15-28)26(33)13-12-25(29)32/h4-11H,12-20H2,1-3H3,(H2,29,32). The van der Waals surface area contributed by atoms with Crippen molar-refractivity contribution in [1.82, 2.24) is 4.90 Å². The van der Waals surface area contributed by atoms with E-state index in [-0.39, 0.29) is 29.8 Å². The van der Waals surface area contributed by atoms with Crippen molar-refractivity contribution in [3.05, 3.63) is 59.7 Å². The monoisotopic (exact) mass is 463 g/mol. The molecule has 2 amide bonds. The number of amides is 2. The lowest BCUT2D eigenvalue weighted by molar-refractivity contribution is -0.136. The van der Waals surface area contributed by atoms with Gasteiger partial charge in [-0.3, -0.25) is 9.59 Å². The fraction of sp³-hybridized carbons (Fsp3) is 0.500. The molecule has 2 aromatic rings. The van der Waals surface area contributed by atoms with Crippen molar-refractivity contribution in [1.29, 1.82) is 0 Å². The fourth-order valence-electron chi connectivity index (χ4n) is 4.95. The van der Waals surface area contributed by atoms with Crippen LogP contribution in [0.5, 0.6) is 5.75 Å². The molecule has 1 spiro atoms. The zero-order valence-electron chi connectivity index (χ0n) is 20.7. The second kappa shape index (κ2) is 9.69. The van der Waals surface area contributed by atoms with Crippen LogP contribution in [0, 0.1) is 0 Å². The summed E-state index contributed by atoms with van der Waals surface area (Å²) < 4.78 is 6.69. The van der Waals surface area contributed by atoms with E-state index in [2.05, 4.69) is 68.1 Å². The maximum Gasteiger partial charge on any atom is 0.223 e. The number of ether oxygens (including phenoxy) is 1. The number of anilines is 1. The molecule has 4 rings (SSSR count). The number of nitrogens with zero attached hydrogens (tertiary/aromatic N) is 2. The lowest BCUT2D eigenvalue weighted by Gasteiger charge is -2.41. The summed E-state index contributed by atoms with van der Waals surface area (Å²) in [6.07, 6.45) is 2.78. The van der Waals surface area contributed by atoms with E-state index in [4.69, 9.17) is 10.5 Å². The van der Waals surface area contributed by atoms with E-state index >= 15 is 0 Å². The summed E-state index contributed by atoms with van der Waals surface area (Å²) in [5.41, 5.74) is 8.82. The average molecular weight is 464 g/mol. The highest BCUT2D eigenvalue weighted by Gasteiger charge is 2.40. The number of primary amides is 1. The number of hydrogen-bond acceptors (Lipinski definition) is 4. The molecule has 1 saturated heterocycles. The fourth-order valence-corrected chi connectivity index (χ4v) is 4.95. The maximum absolute atomic E-state index is 12.5. The van der Waals surface area contributed by atoms with Gasteiger partial charge in [0.05, 0.1) is 5.69 Å². The second-order valence-electron chi connectivity index (χ2n) is 10.7. The van der Waals surface area contributed by atoms with Crippen molar-refractivity contribution in [3.8, 4) is 5.75 Å². The Morgan fingerprint density at radius 1 is 0.941 bits per heavy atom. The van der Waals surface area contributed by atoms with Crippen LogP contribution >= 0.6 is 0 Å². The zero-order chi connectivity index (χ0) is 24.3. The number of hydrogen-bond donors (Lipinski definition) is 1. The first-order valence-corrected chi connectivity index (χ1v) is 12.3. The number of benzene rings is 2. The van der Waals surface area contributed by atoms with Crippen LogP contribution in [-0.4, -0.2) is 41.9 Å². The largest absolute Gasteiger partial charge is 0.485 e. The van der Waals surface area contributed by atoms with Crippen LogP contribution in [-0.2, 0) is 21.5 Å². The summed E-state index contributed by atoms with van der Waals surface area (Å²) >= 11 is 0. The first-order valence-electron chi connectivity index (χ1n) is 12.3. The van der Waals surface area contributed by atoms with Crippen molar-refractivity contribution >= 4 is 17.5 Å². The molecule has 0 bridgehead atoms. The third-order valence-electron chi connectivity index (χ3n) is 7.18. The quantitative estimate of drug-likeness (QED) is 0.713. The van der Waals surface area contributed by atoms with E-state index in [0.29, 0.717) is 13.1 Å². The predicted octanol–water partition coefficient (Wildman–Crippen LogP) is 4.40. The molecular formula is C28H37N3O3. The Morgan fingerprint density at radius 2 is 1.59 bits per heavy atom. The van der Waals surface area contributed by atoms with E-state index in [0.717, 1.165) is 43.8 Å². The molecule has 2 aliphatic rings. The Hall–Kier alpha value is -3.02. The Morgan fingerprint density at radius 3 is 2.24 bits per heavy atom. The van der Waals surface area contributed by atoms with Gasteiger partial charge < -0.3 is 20.3 Å². The molecule has 0 radical (unpaired) electrons. The number of fused-ring (bicyclic) bond motifs is 1. The van der Waals surface area contributed by atoms with Crippen LogP contribution in [0.15, 0.2) is 48.5 Å². The van der Waals surface area contributed by atoms with Crippen LogP contribution in [0.25, 0.3) is 0 Å². The molecular weight excluding hydrogens is 426 g/mol. The van der Waals surface area contributed by atoms with Gasteiger partial charge in [-0.05, 0) is 28.7 Å². The minimum absolute atomic E-state index is 0.00278. The molecule has 34 heavy (non-hydrogen) atoms. The van der Waals surface area contributed by atoms with E-state index < -0.39 is 5.91 Å². The molecule has 0 unspecified atom stereocenters. The summed E-state index contributed by atoms with van der Waals surface area (Å²) in [6, 6.07) is 17.2. The van der Waals surface area contributed by atoms with Gasteiger partial charge >= 0.3 is 0 Å². The summed E-state index contributed by atoms with van der Waals surface area (Å²) in [4.78, 5) is 27.8. The van der Waals surface area contributed by atoms with Crippen molar-refractivity contribution in [3.63, 3.8) is 0 Å². The lowest BCUT2D eigenvalue weighted by atomic mass is 9.86. The predicted molar refractivity (Wildman–Crippen MR) is 135 cm³/mol. The van der Waals surface area contributed by atoms with Gasteiger partial charge in [-0.25, -0.2) is 0 Å². The van der Waals surface area contributed by atoms with Crippen LogP contribution < -0.4 is 15.4 Å². The van der Waals surface area contributed by atoms with E-state index in [1.807, 2.05) is 11.0 Å². The molecule has 0 atom stereocenters. The van der Waals surface area contributed by atoms with Gasteiger partial charge in [-0.15, -0.1) is 0 Å². The molecule has 6 nitrogen and oxygen atoms in total. The topological polar surface area (TPSA) is 75.9 Å². The number of piperidine rings is 1. The van der Waals surface area contributed by atoms with E-state index in [1.54, 1.807) is 0 Å². The first-order chi connectivity index (χ1) is 16.2. The third kappa shape index (κ3) is 5.54. The summed E-state index contributed by atoms with van der Waals surface area (Å²) in [6.45, 7) is 9.73. The molecule has 2 aromatic carbocycles. The van der Waals surface area contributed by atoms with Crippen LogP contribution in [0.3, 0.4) is 0 Å². The van der Waals surface area contributed by atoms with Gasteiger partial charge in [0.25, 0.3) is 0 Å². The Balaban J connectivity index is 1.46. The number of carbonyl (C=O) groups excluding carboxylic acids is 2. The molecule has 1 fully saturated rings. The van der Waals surface area contributed by atoms with E-state index in [9.17, 15) is 9.59 Å². The number of carbonyl (C=O) groups is 2. The van der Waals surface area contributed by atoms with Gasteiger partial charge in [-0.2, -0.15) is 0 Å². The summed E-state index contributed by atoms with van der Waals surface area (Å²) in [5, 5.41) is 0. The Kier molecular flexibility index (Phi) is 6.87. The molecule has 2 heterocycles. The molecule has 2 aliphatic heterocycles. The van der Waals surface area contributed by atoms with Gasteiger partial charge in [0.15, 0.2) is 0 Å². The highest BCUT2D eigenvalue weighted by molar-refractivity contribution is 5.83. The maximum atomic E-state index is 12.5.